The van der Waals surface area contributed by atoms with Gasteiger partial charge in [-0.1, -0.05) is 35.9 Å². The predicted molar refractivity (Wildman–Crippen MR) is 123 cm³/mol. The van der Waals surface area contributed by atoms with Gasteiger partial charge >= 0.3 is 0 Å². The fourth-order valence-electron chi connectivity index (χ4n) is 4.26. The summed E-state index contributed by atoms with van der Waals surface area (Å²) in [5.41, 5.74) is 2.75. The molecule has 0 spiro atoms. The van der Waals surface area contributed by atoms with Crippen molar-refractivity contribution < 1.29 is 18.8 Å². The lowest BCUT2D eigenvalue weighted by molar-refractivity contribution is -0.121. The molecule has 6 nitrogen and oxygen atoms in total. The SMILES string of the molecule is O=C1Nc2ccc(-c3ccc(Cl)cc3)cc2C(=O)N2CCN(C(=O)c3cccc(F)c3)CC12. The molecule has 0 radical (unpaired) electrons. The smallest absolute Gasteiger partial charge is 0.256 e. The maximum Gasteiger partial charge on any atom is 0.256 e. The van der Waals surface area contributed by atoms with E-state index in [9.17, 15) is 18.8 Å². The van der Waals surface area contributed by atoms with E-state index in [0.29, 0.717) is 16.3 Å². The van der Waals surface area contributed by atoms with Crippen molar-refractivity contribution in [2.24, 2.45) is 0 Å². The van der Waals surface area contributed by atoms with Crippen LogP contribution < -0.4 is 5.32 Å². The van der Waals surface area contributed by atoms with Crippen LogP contribution in [0.4, 0.5) is 10.1 Å². The molecule has 0 bridgehead atoms. The van der Waals surface area contributed by atoms with Gasteiger partial charge in [0, 0.05) is 23.7 Å². The molecule has 2 aliphatic heterocycles. The van der Waals surface area contributed by atoms with Gasteiger partial charge in [0.25, 0.3) is 11.8 Å². The van der Waals surface area contributed by atoms with Crippen molar-refractivity contribution in [3.05, 3.63) is 88.7 Å². The van der Waals surface area contributed by atoms with Crippen molar-refractivity contribution in [3.63, 3.8) is 0 Å². The van der Waals surface area contributed by atoms with Gasteiger partial charge in [-0.05, 0) is 53.6 Å². The number of piperazine rings is 1. The van der Waals surface area contributed by atoms with Crippen LogP contribution in [0, 0.1) is 5.82 Å². The van der Waals surface area contributed by atoms with E-state index in [1.54, 1.807) is 24.3 Å². The Hall–Kier alpha value is -3.71. The molecular formula is C25H19ClFN3O3. The fourth-order valence-corrected chi connectivity index (χ4v) is 4.39. The number of nitrogens with zero attached hydrogens (tertiary/aromatic N) is 2. The Morgan fingerprint density at radius 3 is 2.48 bits per heavy atom. The molecular weight excluding hydrogens is 445 g/mol. The summed E-state index contributed by atoms with van der Waals surface area (Å²) in [5.74, 6) is -1.52. The van der Waals surface area contributed by atoms with E-state index in [1.807, 2.05) is 18.2 Å². The highest BCUT2D eigenvalue weighted by molar-refractivity contribution is 6.30. The quantitative estimate of drug-likeness (QED) is 0.623. The molecule has 0 aliphatic carbocycles. The summed E-state index contributed by atoms with van der Waals surface area (Å²) in [6.07, 6.45) is 0. The Balaban J connectivity index is 1.42. The highest BCUT2D eigenvalue weighted by Crippen LogP contribution is 2.31. The lowest BCUT2D eigenvalue weighted by Crippen LogP contribution is -2.59. The average Bonchev–Trinajstić information content (AvgIpc) is 2.93. The number of benzene rings is 3. The summed E-state index contributed by atoms with van der Waals surface area (Å²) in [7, 11) is 0. The molecule has 3 amide bonds. The maximum absolute atomic E-state index is 13.6. The molecule has 166 valence electrons. The summed E-state index contributed by atoms with van der Waals surface area (Å²) < 4.78 is 13.6. The summed E-state index contributed by atoms with van der Waals surface area (Å²) in [6, 6.07) is 17.2. The van der Waals surface area contributed by atoms with Crippen molar-refractivity contribution in [1.29, 1.82) is 0 Å². The molecule has 33 heavy (non-hydrogen) atoms. The number of amides is 3. The number of hydrogen-bond acceptors (Lipinski definition) is 3. The summed E-state index contributed by atoms with van der Waals surface area (Å²) >= 11 is 5.98. The first-order valence-electron chi connectivity index (χ1n) is 10.5. The van der Waals surface area contributed by atoms with E-state index in [0.717, 1.165) is 11.1 Å². The Morgan fingerprint density at radius 2 is 1.73 bits per heavy atom. The largest absolute Gasteiger partial charge is 0.334 e. The molecule has 1 unspecified atom stereocenters. The summed E-state index contributed by atoms with van der Waals surface area (Å²) in [4.78, 5) is 42.2. The standard InChI is InChI=1S/C25H19ClFN3O3/c26-18-7-4-15(5-8-18)16-6-9-21-20(13-16)25(33)30-11-10-29(14-22(30)23(31)28-21)24(32)17-2-1-3-19(27)12-17/h1-9,12-13,22H,10-11,14H2,(H,28,31). The molecule has 3 aromatic carbocycles. The lowest BCUT2D eigenvalue weighted by Gasteiger charge is -2.39. The first kappa shape index (κ1) is 21.2. The predicted octanol–water partition coefficient (Wildman–Crippen LogP) is 4.07. The fraction of sp³-hybridized carbons (Fsp3) is 0.160. The van der Waals surface area contributed by atoms with Crippen molar-refractivity contribution in [1.82, 2.24) is 9.80 Å². The number of hydrogen-bond donors (Lipinski definition) is 1. The molecule has 1 N–H and O–H groups in total. The monoisotopic (exact) mass is 463 g/mol. The van der Waals surface area contributed by atoms with Crippen molar-refractivity contribution in [3.8, 4) is 11.1 Å². The van der Waals surface area contributed by atoms with Crippen LogP contribution in [-0.4, -0.2) is 53.2 Å². The van der Waals surface area contributed by atoms with Crippen molar-refractivity contribution >= 4 is 35.0 Å². The molecule has 8 heteroatoms. The zero-order chi connectivity index (χ0) is 23.1. The van der Waals surface area contributed by atoms with E-state index in [-0.39, 0.29) is 42.9 Å². The Morgan fingerprint density at radius 1 is 0.970 bits per heavy atom. The second-order valence-corrected chi connectivity index (χ2v) is 8.47. The van der Waals surface area contributed by atoms with Gasteiger partial charge in [0.05, 0.1) is 17.8 Å². The van der Waals surface area contributed by atoms with Crippen LogP contribution in [0.3, 0.4) is 0 Å². The second kappa shape index (κ2) is 8.33. The topological polar surface area (TPSA) is 69.7 Å². The lowest BCUT2D eigenvalue weighted by atomic mass is 10.0. The van der Waals surface area contributed by atoms with Crippen LogP contribution in [0.25, 0.3) is 11.1 Å². The van der Waals surface area contributed by atoms with Crippen LogP contribution in [0.2, 0.25) is 5.02 Å². The molecule has 1 saturated heterocycles. The van der Waals surface area contributed by atoms with E-state index in [1.165, 1.54) is 34.1 Å². The minimum Gasteiger partial charge on any atom is -0.334 e. The zero-order valence-corrected chi connectivity index (χ0v) is 18.2. The van der Waals surface area contributed by atoms with E-state index in [4.69, 9.17) is 11.6 Å². The minimum absolute atomic E-state index is 0.0327. The van der Waals surface area contributed by atoms with E-state index in [2.05, 4.69) is 5.32 Å². The summed E-state index contributed by atoms with van der Waals surface area (Å²) in [5, 5.41) is 3.44. The number of halogens is 2. The van der Waals surface area contributed by atoms with Crippen molar-refractivity contribution in [2.45, 2.75) is 6.04 Å². The summed E-state index contributed by atoms with van der Waals surface area (Å²) in [6.45, 7) is 0.477. The number of fused-ring (bicyclic) bond motifs is 2. The highest BCUT2D eigenvalue weighted by atomic mass is 35.5. The number of carbonyl (C=O) groups excluding carboxylic acids is 3. The molecule has 2 aliphatic rings. The highest BCUT2D eigenvalue weighted by Gasteiger charge is 2.40. The van der Waals surface area contributed by atoms with Gasteiger partial charge in [-0.3, -0.25) is 14.4 Å². The number of rotatable bonds is 2. The average molecular weight is 464 g/mol. The van der Waals surface area contributed by atoms with Crippen LogP contribution in [0.1, 0.15) is 20.7 Å². The third-order valence-corrected chi connectivity index (χ3v) is 6.24. The molecule has 0 saturated carbocycles. The third kappa shape index (κ3) is 3.96. The van der Waals surface area contributed by atoms with Gasteiger partial charge in [0.15, 0.2) is 0 Å². The van der Waals surface area contributed by atoms with Gasteiger partial charge < -0.3 is 15.1 Å². The normalized spacial score (nSPS) is 17.7. The molecule has 0 aromatic heterocycles. The molecule has 1 atom stereocenters. The van der Waals surface area contributed by atoms with E-state index >= 15 is 0 Å². The minimum atomic E-state index is -0.838. The van der Waals surface area contributed by atoms with Gasteiger partial charge in [0.2, 0.25) is 5.91 Å². The number of anilines is 1. The van der Waals surface area contributed by atoms with Crippen LogP contribution in [0.15, 0.2) is 66.7 Å². The first-order valence-corrected chi connectivity index (χ1v) is 10.9. The van der Waals surface area contributed by atoms with Gasteiger partial charge in [-0.2, -0.15) is 0 Å². The Bertz CT molecular complexity index is 1280. The van der Waals surface area contributed by atoms with E-state index < -0.39 is 11.9 Å². The molecule has 2 heterocycles. The number of nitrogens with one attached hydrogen (secondary N) is 1. The van der Waals surface area contributed by atoms with Crippen LogP contribution in [0.5, 0.6) is 0 Å². The first-order chi connectivity index (χ1) is 15.9. The van der Waals surface area contributed by atoms with Gasteiger partial charge in [-0.15, -0.1) is 0 Å². The van der Waals surface area contributed by atoms with Gasteiger partial charge in [-0.25, -0.2) is 4.39 Å². The Labute approximate surface area is 194 Å². The second-order valence-electron chi connectivity index (χ2n) is 8.03. The molecule has 3 aromatic rings. The molecule has 5 rings (SSSR count). The Kier molecular flexibility index (Phi) is 5.34. The molecule has 1 fully saturated rings. The van der Waals surface area contributed by atoms with Crippen LogP contribution >= 0.6 is 11.6 Å². The van der Waals surface area contributed by atoms with Gasteiger partial charge in [0.1, 0.15) is 11.9 Å². The van der Waals surface area contributed by atoms with Crippen LogP contribution in [-0.2, 0) is 4.79 Å². The maximum atomic E-state index is 13.6. The zero-order valence-electron chi connectivity index (χ0n) is 17.4. The van der Waals surface area contributed by atoms with Crippen molar-refractivity contribution in [2.75, 3.05) is 25.0 Å². The number of carbonyl (C=O) groups is 3. The third-order valence-electron chi connectivity index (χ3n) is 5.99.